The summed E-state index contributed by atoms with van der Waals surface area (Å²) < 4.78 is 11.0. The lowest BCUT2D eigenvalue weighted by molar-refractivity contribution is 0.197. The van der Waals surface area contributed by atoms with Crippen LogP contribution in [-0.2, 0) is 0 Å². The van der Waals surface area contributed by atoms with Crippen LogP contribution in [0.5, 0.6) is 17.4 Å². The second-order valence-corrected chi connectivity index (χ2v) is 8.00. The first-order valence-corrected chi connectivity index (χ1v) is 10.8. The fourth-order valence-corrected chi connectivity index (χ4v) is 3.68. The largest absolute Gasteiger partial charge is 0.480 e. The molecule has 0 radical (unpaired) electrons. The number of ether oxygens (including phenoxy) is 2. The van der Waals surface area contributed by atoms with Crippen LogP contribution in [0.3, 0.4) is 0 Å². The molecule has 8 nitrogen and oxygen atoms in total. The molecule has 170 valence electrons. The number of benzene rings is 1. The summed E-state index contributed by atoms with van der Waals surface area (Å²) in [7, 11) is 1.51. The lowest BCUT2D eigenvalue weighted by Crippen LogP contribution is -2.42. The third-order valence-electron chi connectivity index (χ3n) is 5.47. The zero-order valence-electron chi connectivity index (χ0n) is 19.0. The minimum atomic E-state index is -0.189. The van der Waals surface area contributed by atoms with Gasteiger partial charge in [0.15, 0.2) is 5.82 Å². The van der Waals surface area contributed by atoms with Gasteiger partial charge in [0.05, 0.1) is 25.7 Å². The lowest BCUT2D eigenvalue weighted by Gasteiger charge is -2.33. The number of likely N-dealkylation sites (tertiary alicyclic amines) is 1. The fraction of sp³-hybridized carbons (Fsp3) is 0.280. The van der Waals surface area contributed by atoms with E-state index in [1.807, 2.05) is 37.3 Å². The number of amides is 2. The third kappa shape index (κ3) is 5.85. The Hall–Kier alpha value is -3.94. The minimum absolute atomic E-state index is 0.189. The molecule has 33 heavy (non-hydrogen) atoms. The van der Waals surface area contributed by atoms with Gasteiger partial charge < -0.3 is 14.4 Å². The molecule has 3 heterocycles. The van der Waals surface area contributed by atoms with E-state index in [-0.39, 0.29) is 11.9 Å². The third-order valence-corrected chi connectivity index (χ3v) is 5.47. The Kier molecular flexibility index (Phi) is 6.83. The molecule has 8 heteroatoms. The van der Waals surface area contributed by atoms with Gasteiger partial charge in [-0.15, -0.1) is 0 Å². The summed E-state index contributed by atoms with van der Waals surface area (Å²) in [5.74, 6) is 2.42. The van der Waals surface area contributed by atoms with Gasteiger partial charge >= 0.3 is 6.03 Å². The minimum Gasteiger partial charge on any atom is -0.480 e. The predicted octanol–water partition coefficient (Wildman–Crippen LogP) is 4.94. The van der Waals surface area contributed by atoms with Gasteiger partial charge in [0.25, 0.3) is 0 Å². The Morgan fingerprint density at radius 3 is 2.82 bits per heavy atom. The van der Waals surface area contributed by atoms with Gasteiger partial charge in [0.2, 0.25) is 5.88 Å². The molecule has 0 spiro atoms. The van der Waals surface area contributed by atoms with Crippen LogP contribution in [0.1, 0.15) is 24.6 Å². The second-order valence-electron chi connectivity index (χ2n) is 8.00. The number of nitrogens with one attached hydrogen (secondary N) is 1. The number of anilines is 1. The van der Waals surface area contributed by atoms with Gasteiger partial charge in [-0.3, -0.25) is 15.3 Å². The van der Waals surface area contributed by atoms with Crippen molar-refractivity contribution in [3.05, 3.63) is 71.8 Å². The highest BCUT2D eigenvalue weighted by Crippen LogP contribution is 2.28. The average Bonchev–Trinajstić information content (AvgIpc) is 2.82. The maximum Gasteiger partial charge on any atom is 0.323 e. The second kappa shape index (κ2) is 10.1. The number of aryl methyl sites for hydroxylation is 1. The quantitative estimate of drug-likeness (QED) is 0.598. The van der Waals surface area contributed by atoms with Crippen LogP contribution in [0.2, 0.25) is 0 Å². The van der Waals surface area contributed by atoms with E-state index in [2.05, 4.69) is 39.3 Å². The molecule has 1 aromatic carbocycles. The smallest absolute Gasteiger partial charge is 0.323 e. The van der Waals surface area contributed by atoms with Crippen molar-refractivity contribution in [2.24, 2.45) is 5.92 Å². The summed E-state index contributed by atoms with van der Waals surface area (Å²) in [5, 5.41) is 2.80. The van der Waals surface area contributed by atoms with E-state index in [1.54, 1.807) is 11.1 Å². The summed E-state index contributed by atoms with van der Waals surface area (Å²) in [5.41, 5.74) is 3.32. The molecule has 2 amide bonds. The number of nitrogens with zero attached hydrogens (tertiary/aromatic N) is 4. The van der Waals surface area contributed by atoms with E-state index in [0.717, 1.165) is 23.4 Å². The van der Waals surface area contributed by atoms with Crippen LogP contribution < -0.4 is 14.8 Å². The van der Waals surface area contributed by atoms with Gasteiger partial charge in [-0.25, -0.2) is 4.79 Å². The summed E-state index contributed by atoms with van der Waals surface area (Å²) in [6.45, 7) is 5.33. The highest BCUT2D eigenvalue weighted by atomic mass is 16.5. The van der Waals surface area contributed by atoms with Crippen molar-refractivity contribution in [2.75, 3.05) is 25.5 Å². The summed E-state index contributed by atoms with van der Waals surface area (Å²) in [6, 6.07) is 11.6. The molecule has 3 aromatic rings. The molecule has 1 aliphatic rings. The van der Waals surface area contributed by atoms with E-state index < -0.39 is 0 Å². The van der Waals surface area contributed by atoms with E-state index in [4.69, 9.17) is 9.47 Å². The highest BCUT2D eigenvalue weighted by molar-refractivity contribution is 5.88. The number of hydrogen-bond acceptors (Lipinski definition) is 6. The Morgan fingerprint density at radius 1 is 1.18 bits per heavy atom. The molecule has 1 saturated heterocycles. The van der Waals surface area contributed by atoms with Crippen LogP contribution in [0.15, 0.2) is 60.6 Å². The molecule has 0 aliphatic carbocycles. The molecule has 1 unspecified atom stereocenters. The van der Waals surface area contributed by atoms with E-state index in [1.165, 1.54) is 25.1 Å². The Bertz CT molecular complexity index is 1150. The standard InChI is InChI=1S/C25H27N5O3/c1-17-16-30(25(31)29-23-14-26-15-24(28-23)32-3)10-9-20(17)11-19-5-4-6-21(12-19)33-22-8-7-18(2)27-13-22/h4-8,11-15,17H,9-10,16H2,1-3H3,(H,28,29,31). The fourth-order valence-electron chi connectivity index (χ4n) is 3.68. The van der Waals surface area contributed by atoms with Crippen LogP contribution in [0, 0.1) is 12.8 Å². The van der Waals surface area contributed by atoms with Crippen molar-refractivity contribution in [3.8, 4) is 17.4 Å². The summed E-state index contributed by atoms with van der Waals surface area (Å²) in [4.78, 5) is 27.0. The first kappa shape index (κ1) is 22.3. The summed E-state index contributed by atoms with van der Waals surface area (Å²) >= 11 is 0. The number of rotatable bonds is 5. The monoisotopic (exact) mass is 445 g/mol. The van der Waals surface area contributed by atoms with Crippen molar-refractivity contribution < 1.29 is 14.3 Å². The summed E-state index contributed by atoms with van der Waals surface area (Å²) in [6.07, 6.45) is 7.70. The molecule has 1 atom stereocenters. The first-order valence-electron chi connectivity index (χ1n) is 10.8. The Balaban J connectivity index is 1.38. The molecule has 2 aromatic heterocycles. The topological polar surface area (TPSA) is 89.5 Å². The van der Waals surface area contributed by atoms with Crippen LogP contribution >= 0.6 is 0 Å². The zero-order chi connectivity index (χ0) is 23.2. The number of carbonyl (C=O) groups excluding carboxylic acids is 1. The van der Waals surface area contributed by atoms with Crippen molar-refractivity contribution in [1.29, 1.82) is 0 Å². The molecule has 0 bridgehead atoms. The molecule has 1 fully saturated rings. The number of aromatic nitrogens is 3. The van der Waals surface area contributed by atoms with E-state index >= 15 is 0 Å². The number of hydrogen-bond donors (Lipinski definition) is 1. The Labute approximate surface area is 193 Å². The van der Waals surface area contributed by atoms with Crippen molar-refractivity contribution in [3.63, 3.8) is 0 Å². The van der Waals surface area contributed by atoms with Gasteiger partial charge in [-0.05, 0) is 49.1 Å². The SMILES string of the molecule is COc1cncc(NC(=O)N2CCC(=Cc3cccc(Oc4ccc(C)nc4)c3)C(C)C2)n1. The maximum absolute atomic E-state index is 12.7. The van der Waals surface area contributed by atoms with Gasteiger partial charge in [-0.2, -0.15) is 4.98 Å². The number of carbonyl (C=O) groups is 1. The number of methoxy groups -OCH3 is 1. The molecule has 0 saturated carbocycles. The molecular formula is C25H27N5O3. The van der Waals surface area contributed by atoms with Gasteiger partial charge in [-0.1, -0.05) is 30.7 Å². The zero-order valence-corrected chi connectivity index (χ0v) is 19.0. The van der Waals surface area contributed by atoms with Crippen LogP contribution in [0.4, 0.5) is 10.6 Å². The predicted molar refractivity (Wildman–Crippen MR) is 126 cm³/mol. The first-order chi connectivity index (χ1) is 16.0. The molecule has 4 rings (SSSR count). The normalized spacial score (nSPS) is 17.0. The molecule has 1 aliphatic heterocycles. The van der Waals surface area contributed by atoms with Crippen LogP contribution in [0.25, 0.3) is 6.08 Å². The number of piperidine rings is 1. The van der Waals surface area contributed by atoms with Crippen molar-refractivity contribution >= 4 is 17.9 Å². The Morgan fingerprint density at radius 2 is 2.06 bits per heavy atom. The van der Waals surface area contributed by atoms with Gasteiger partial charge in [0, 0.05) is 18.8 Å². The van der Waals surface area contributed by atoms with E-state index in [9.17, 15) is 4.79 Å². The van der Waals surface area contributed by atoms with E-state index in [0.29, 0.717) is 30.5 Å². The molecular weight excluding hydrogens is 418 g/mol. The number of pyridine rings is 1. The number of urea groups is 1. The highest BCUT2D eigenvalue weighted by Gasteiger charge is 2.24. The van der Waals surface area contributed by atoms with Crippen molar-refractivity contribution in [2.45, 2.75) is 20.3 Å². The lowest BCUT2D eigenvalue weighted by atomic mass is 9.91. The maximum atomic E-state index is 12.7. The average molecular weight is 446 g/mol. The molecule has 1 N–H and O–H groups in total. The van der Waals surface area contributed by atoms with Crippen molar-refractivity contribution in [1.82, 2.24) is 19.9 Å². The van der Waals surface area contributed by atoms with Gasteiger partial charge in [0.1, 0.15) is 11.5 Å². The van der Waals surface area contributed by atoms with Crippen LogP contribution in [-0.4, -0.2) is 46.1 Å².